The third kappa shape index (κ3) is 4.01. The third-order valence-electron chi connectivity index (χ3n) is 2.32. The fourth-order valence-electron chi connectivity index (χ4n) is 1.43. The predicted octanol–water partition coefficient (Wildman–Crippen LogP) is 3.25. The lowest BCUT2D eigenvalue weighted by Gasteiger charge is -2.15. The Morgan fingerprint density at radius 3 is 2.29 bits per heavy atom. The van der Waals surface area contributed by atoms with Gasteiger partial charge in [-0.15, -0.1) is 12.4 Å². The zero-order valence-electron chi connectivity index (χ0n) is 9.70. The lowest BCUT2D eigenvalue weighted by molar-refractivity contribution is 0.353. The molecular weight excluding hydrogens is 312 g/mol. The fraction of sp³-hybridized carbons (Fsp3) is 0.455. The summed E-state index contributed by atoms with van der Waals surface area (Å²) in [5.41, 5.74) is 6.67. The highest BCUT2D eigenvalue weighted by Crippen LogP contribution is 2.36. The normalized spacial score (nSPS) is 11.6. The summed E-state index contributed by atoms with van der Waals surface area (Å²) in [6.07, 6.45) is 0.286. The van der Waals surface area contributed by atoms with Crippen LogP contribution >= 0.6 is 28.3 Å². The van der Waals surface area contributed by atoms with Crippen LogP contribution in [0.2, 0.25) is 0 Å². The van der Waals surface area contributed by atoms with Gasteiger partial charge < -0.3 is 15.2 Å². The molecule has 98 valence electrons. The van der Waals surface area contributed by atoms with Crippen molar-refractivity contribution in [2.45, 2.75) is 12.5 Å². The van der Waals surface area contributed by atoms with E-state index < -0.39 is 6.67 Å². The molecule has 0 fully saturated rings. The van der Waals surface area contributed by atoms with Crippen molar-refractivity contribution in [2.75, 3.05) is 20.9 Å². The predicted molar refractivity (Wildman–Crippen MR) is 72.0 cm³/mol. The molecule has 0 radical (unpaired) electrons. The van der Waals surface area contributed by atoms with Gasteiger partial charge in [-0.3, -0.25) is 4.39 Å². The molecule has 0 aliphatic heterocycles. The van der Waals surface area contributed by atoms with E-state index in [4.69, 9.17) is 15.2 Å². The Hall–Kier alpha value is -0.520. The largest absolute Gasteiger partial charge is 0.493 e. The highest BCUT2D eigenvalue weighted by atomic mass is 79.9. The molecule has 0 saturated carbocycles. The first kappa shape index (κ1) is 16.5. The molecule has 0 aliphatic carbocycles. The van der Waals surface area contributed by atoms with Crippen molar-refractivity contribution in [1.82, 2.24) is 0 Å². The molecule has 0 aliphatic rings. The molecule has 0 amide bonds. The van der Waals surface area contributed by atoms with Gasteiger partial charge in [-0.25, -0.2) is 0 Å². The van der Waals surface area contributed by atoms with Gasteiger partial charge in [0, 0.05) is 10.5 Å². The van der Waals surface area contributed by atoms with Crippen LogP contribution in [0.4, 0.5) is 4.39 Å². The molecule has 0 spiro atoms. The molecule has 1 aromatic carbocycles. The number of hydrogen-bond donors (Lipinski definition) is 1. The Labute approximate surface area is 115 Å². The summed E-state index contributed by atoms with van der Waals surface area (Å²) in [4.78, 5) is 0. The molecule has 0 aromatic heterocycles. The summed E-state index contributed by atoms with van der Waals surface area (Å²) >= 11 is 3.38. The third-order valence-corrected chi connectivity index (χ3v) is 3.01. The van der Waals surface area contributed by atoms with E-state index in [1.165, 1.54) is 0 Å². The van der Waals surface area contributed by atoms with Gasteiger partial charge >= 0.3 is 0 Å². The van der Waals surface area contributed by atoms with Gasteiger partial charge in [0.1, 0.15) is 0 Å². The molecule has 0 unspecified atom stereocenters. The molecule has 6 heteroatoms. The Morgan fingerprint density at radius 2 is 1.82 bits per heavy atom. The molecule has 0 saturated heterocycles. The fourth-order valence-corrected chi connectivity index (χ4v) is 2.04. The van der Waals surface area contributed by atoms with E-state index in [-0.39, 0.29) is 24.9 Å². The van der Waals surface area contributed by atoms with E-state index in [0.29, 0.717) is 11.5 Å². The van der Waals surface area contributed by atoms with Crippen LogP contribution in [0.15, 0.2) is 16.6 Å². The molecule has 17 heavy (non-hydrogen) atoms. The zero-order chi connectivity index (χ0) is 12.1. The lowest BCUT2D eigenvalue weighted by Crippen LogP contribution is -2.12. The van der Waals surface area contributed by atoms with Gasteiger partial charge in [0.25, 0.3) is 0 Å². The number of ether oxygens (including phenoxy) is 2. The molecule has 3 nitrogen and oxygen atoms in total. The van der Waals surface area contributed by atoms with E-state index in [1.54, 1.807) is 26.4 Å². The molecule has 0 bridgehead atoms. The minimum Gasteiger partial charge on any atom is -0.493 e. The molecule has 0 heterocycles. The maximum Gasteiger partial charge on any atom is 0.161 e. The zero-order valence-corrected chi connectivity index (χ0v) is 12.1. The Kier molecular flexibility index (Phi) is 7.50. The summed E-state index contributed by atoms with van der Waals surface area (Å²) in [6.45, 7) is -0.443. The van der Waals surface area contributed by atoms with Gasteiger partial charge in [-0.05, 0) is 24.1 Å². The van der Waals surface area contributed by atoms with Crippen LogP contribution in [0.3, 0.4) is 0 Å². The number of rotatable bonds is 5. The summed E-state index contributed by atoms with van der Waals surface area (Å²) in [5, 5.41) is 0. The van der Waals surface area contributed by atoms with E-state index in [9.17, 15) is 4.39 Å². The van der Waals surface area contributed by atoms with Crippen LogP contribution in [0.5, 0.6) is 11.5 Å². The van der Waals surface area contributed by atoms with Gasteiger partial charge in [0.2, 0.25) is 0 Å². The molecule has 1 rings (SSSR count). The topological polar surface area (TPSA) is 44.5 Å². The van der Waals surface area contributed by atoms with E-state index >= 15 is 0 Å². The number of methoxy groups -OCH3 is 2. The summed E-state index contributed by atoms with van der Waals surface area (Å²) in [5.74, 6) is 1.21. The lowest BCUT2D eigenvalue weighted by atomic mass is 10.0. The van der Waals surface area contributed by atoms with Gasteiger partial charge in [-0.1, -0.05) is 15.9 Å². The van der Waals surface area contributed by atoms with Crippen molar-refractivity contribution < 1.29 is 13.9 Å². The van der Waals surface area contributed by atoms with Crippen molar-refractivity contribution in [3.05, 3.63) is 22.2 Å². The summed E-state index contributed by atoms with van der Waals surface area (Å²) in [7, 11) is 3.11. The second-order valence-corrected chi connectivity index (χ2v) is 4.17. The molecule has 2 N–H and O–H groups in total. The molecular formula is C11H16BrClFNO2. The van der Waals surface area contributed by atoms with Gasteiger partial charge in [-0.2, -0.15) is 0 Å². The monoisotopic (exact) mass is 327 g/mol. The quantitative estimate of drug-likeness (QED) is 0.902. The second kappa shape index (κ2) is 7.74. The standard InChI is InChI=1S/C11H15BrFNO2.ClH/c1-15-10-5-7(9(14)3-4-13)8(12)6-11(10)16-2;/h5-6,9H,3-4,14H2,1-2H3;1H/t9-;/m1./s1. The maximum atomic E-state index is 12.2. The van der Waals surface area contributed by atoms with Crippen molar-refractivity contribution >= 4 is 28.3 Å². The van der Waals surface area contributed by atoms with Crippen LogP contribution in [-0.4, -0.2) is 20.9 Å². The van der Waals surface area contributed by atoms with Gasteiger partial charge in [0.15, 0.2) is 11.5 Å². The van der Waals surface area contributed by atoms with E-state index in [0.717, 1.165) is 10.0 Å². The number of alkyl halides is 1. The average molecular weight is 329 g/mol. The van der Waals surface area contributed by atoms with Crippen molar-refractivity contribution in [3.63, 3.8) is 0 Å². The summed E-state index contributed by atoms with van der Waals surface area (Å²) < 4.78 is 23.3. The van der Waals surface area contributed by atoms with Gasteiger partial charge in [0.05, 0.1) is 20.9 Å². The Balaban J connectivity index is 0.00000256. The minimum atomic E-state index is -0.443. The van der Waals surface area contributed by atoms with Crippen LogP contribution < -0.4 is 15.2 Å². The minimum absolute atomic E-state index is 0. The SMILES string of the molecule is COc1cc(Br)c([C@H](N)CCF)cc1OC.Cl. The Bertz CT molecular complexity index is 366. The average Bonchev–Trinajstić information content (AvgIpc) is 2.28. The number of nitrogens with two attached hydrogens (primary N) is 1. The highest BCUT2D eigenvalue weighted by molar-refractivity contribution is 9.10. The second-order valence-electron chi connectivity index (χ2n) is 3.31. The first-order chi connectivity index (χ1) is 7.63. The number of hydrogen-bond acceptors (Lipinski definition) is 3. The van der Waals surface area contributed by atoms with Crippen LogP contribution in [0, 0.1) is 0 Å². The number of halogens is 3. The van der Waals surface area contributed by atoms with Crippen molar-refractivity contribution in [3.8, 4) is 11.5 Å². The number of benzene rings is 1. The first-order valence-electron chi connectivity index (χ1n) is 4.87. The van der Waals surface area contributed by atoms with Crippen LogP contribution in [0.25, 0.3) is 0 Å². The highest BCUT2D eigenvalue weighted by Gasteiger charge is 2.14. The first-order valence-corrected chi connectivity index (χ1v) is 5.66. The maximum absolute atomic E-state index is 12.2. The van der Waals surface area contributed by atoms with Crippen LogP contribution in [0.1, 0.15) is 18.0 Å². The summed E-state index contributed by atoms with van der Waals surface area (Å²) in [6, 6.07) is 3.19. The van der Waals surface area contributed by atoms with E-state index in [1.807, 2.05) is 0 Å². The molecule has 1 atom stereocenters. The molecule has 1 aromatic rings. The van der Waals surface area contributed by atoms with Crippen LogP contribution in [-0.2, 0) is 0 Å². The Morgan fingerprint density at radius 1 is 1.29 bits per heavy atom. The van der Waals surface area contributed by atoms with Crippen molar-refractivity contribution in [2.24, 2.45) is 5.73 Å². The smallest absolute Gasteiger partial charge is 0.161 e. The van der Waals surface area contributed by atoms with E-state index in [2.05, 4.69) is 15.9 Å². The van der Waals surface area contributed by atoms with Crippen molar-refractivity contribution in [1.29, 1.82) is 0 Å².